The number of benzene rings is 3. The highest BCUT2D eigenvalue weighted by atomic mass is 32.1. The number of nitrogens with zero attached hydrogens (tertiary/aromatic N) is 1. The van der Waals surface area contributed by atoms with Crippen LogP contribution < -0.4 is 15.4 Å². The van der Waals surface area contributed by atoms with E-state index < -0.39 is 0 Å². The van der Waals surface area contributed by atoms with Crippen LogP contribution in [0.5, 0.6) is 5.75 Å². The van der Waals surface area contributed by atoms with Crippen LogP contribution in [-0.4, -0.2) is 22.6 Å². The number of hydrogen-bond donors (Lipinski definition) is 2. The van der Waals surface area contributed by atoms with E-state index in [1.165, 1.54) is 11.1 Å². The molecule has 6 nitrogen and oxygen atoms in total. The van der Waals surface area contributed by atoms with Gasteiger partial charge in [-0.15, -0.1) is 0 Å². The third-order valence-electron chi connectivity index (χ3n) is 5.80. The second kappa shape index (κ2) is 10.3. The molecule has 0 saturated carbocycles. The van der Waals surface area contributed by atoms with Gasteiger partial charge in [-0.3, -0.25) is 10.1 Å². The second-order valence-corrected chi connectivity index (χ2v) is 9.40. The number of nitrogens with one attached hydrogen (secondary N) is 2. The van der Waals surface area contributed by atoms with Gasteiger partial charge in [0.15, 0.2) is 17.3 Å². The van der Waals surface area contributed by atoms with Crippen LogP contribution in [0.4, 0.5) is 5.69 Å². The summed E-state index contributed by atoms with van der Waals surface area (Å²) in [6, 6.07) is 17.6. The van der Waals surface area contributed by atoms with Gasteiger partial charge in [-0.25, -0.2) is 4.98 Å². The Morgan fingerprint density at radius 3 is 2.57 bits per heavy atom. The Morgan fingerprint density at radius 2 is 1.83 bits per heavy atom. The minimum atomic E-state index is -0.335. The first kappa shape index (κ1) is 24.4. The van der Waals surface area contributed by atoms with Crippen molar-refractivity contribution in [3.05, 3.63) is 76.9 Å². The molecule has 0 atom stereocenters. The van der Waals surface area contributed by atoms with Crippen LogP contribution in [0.3, 0.4) is 0 Å². The Labute approximate surface area is 210 Å². The van der Waals surface area contributed by atoms with Gasteiger partial charge in [-0.05, 0) is 97.6 Å². The molecule has 0 fully saturated rings. The van der Waals surface area contributed by atoms with Gasteiger partial charge in [0.25, 0.3) is 5.91 Å². The second-order valence-electron chi connectivity index (χ2n) is 8.99. The number of hydrogen-bond acceptors (Lipinski definition) is 5. The standard InChI is InChI=1S/C28H29N3O3S/c1-16(2)22-10-6-17(3)12-25(22)33-15-26(32)31-28(35)29-21-9-11-24-23(14-21)30-27(34-24)20-8-7-18(4)19(5)13-20/h6-14,16H,15H2,1-5H3,(H2,29,31,32,35). The number of ether oxygens (including phenoxy) is 1. The van der Waals surface area contributed by atoms with E-state index in [1.807, 2.05) is 49.4 Å². The third-order valence-corrected chi connectivity index (χ3v) is 6.01. The summed E-state index contributed by atoms with van der Waals surface area (Å²) in [7, 11) is 0. The average Bonchev–Trinajstić information content (AvgIpc) is 3.22. The van der Waals surface area contributed by atoms with E-state index >= 15 is 0 Å². The number of amides is 1. The van der Waals surface area contributed by atoms with Crippen molar-refractivity contribution in [2.75, 3.05) is 11.9 Å². The van der Waals surface area contributed by atoms with Crippen LogP contribution in [0.2, 0.25) is 0 Å². The van der Waals surface area contributed by atoms with E-state index in [9.17, 15) is 4.79 Å². The smallest absolute Gasteiger partial charge is 0.264 e. The summed E-state index contributed by atoms with van der Waals surface area (Å²) < 4.78 is 11.7. The van der Waals surface area contributed by atoms with E-state index in [1.54, 1.807) is 0 Å². The fraction of sp³-hybridized carbons (Fsp3) is 0.250. The van der Waals surface area contributed by atoms with Crippen LogP contribution in [0.15, 0.2) is 59.0 Å². The fourth-order valence-electron chi connectivity index (χ4n) is 3.72. The van der Waals surface area contributed by atoms with E-state index in [-0.39, 0.29) is 17.6 Å². The number of oxazole rings is 1. The zero-order valence-electron chi connectivity index (χ0n) is 20.6. The highest BCUT2D eigenvalue weighted by Crippen LogP contribution is 2.28. The number of aryl methyl sites for hydroxylation is 3. The van der Waals surface area contributed by atoms with Gasteiger partial charge in [-0.1, -0.05) is 32.0 Å². The molecule has 0 unspecified atom stereocenters. The average molecular weight is 488 g/mol. The Kier molecular flexibility index (Phi) is 7.17. The van der Waals surface area contributed by atoms with Crippen molar-refractivity contribution in [3.63, 3.8) is 0 Å². The number of aromatic nitrogens is 1. The lowest BCUT2D eigenvalue weighted by molar-refractivity contribution is -0.121. The molecule has 1 heterocycles. The van der Waals surface area contributed by atoms with Gasteiger partial charge in [0.1, 0.15) is 11.3 Å². The largest absolute Gasteiger partial charge is 0.483 e. The molecule has 7 heteroatoms. The van der Waals surface area contributed by atoms with Gasteiger partial charge in [0, 0.05) is 11.3 Å². The summed E-state index contributed by atoms with van der Waals surface area (Å²) in [5.74, 6) is 1.23. The molecule has 3 aromatic carbocycles. The zero-order valence-corrected chi connectivity index (χ0v) is 21.4. The number of fused-ring (bicyclic) bond motifs is 1. The maximum Gasteiger partial charge on any atom is 0.264 e. The molecule has 1 aromatic heterocycles. The van der Waals surface area contributed by atoms with Crippen LogP contribution in [0.1, 0.15) is 42.0 Å². The van der Waals surface area contributed by atoms with Crippen molar-refractivity contribution < 1.29 is 13.9 Å². The summed E-state index contributed by atoms with van der Waals surface area (Å²) in [6.07, 6.45) is 0. The predicted octanol–water partition coefficient (Wildman–Crippen LogP) is 6.44. The highest BCUT2D eigenvalue weighted by molar-refractivity contribution is 7.80. The highest BCUT2D eigenvalue weighted by Gasteiger charge is 2.13. The van der Waals surface area contributed by atoms with Crippen molar-refractivity contribution in [3.8, 4) is 17.2 Å². The molecule has 4 rings (SSSR count). The molecule has 0 aliphatic carbocycles. The van der Waals surface area contributed by atoms with Gasteiger partial charge in [0.05, 0.1) is 0 Å². The molecule has 0 radical (unpaired) electrons. The summed E-state index contributed by atoms with van der Waals surface area (Å²) in [6.45, 7) is 10.2. The lowest BCUT2D eigenvalue weighted by atomic mass is 10.0. The molecule has 35 heavy (non-hydrogen) atoms. The number of carbonyl (C=O) groups is 1. The van der Waals surface area contributed by atoms with Crippen LogP contribution in [-0.2, 0) is 4.79 Å². The number of rotatable bonds is 6. The third kappa shape index (κ3) is 5.87. The first-order valence-electron chi connectivity index (χ1n) is 11.5. The number of carbonyl (C=O) groups excluding carboxylic acids is 1. The van der Waals surface area contributed by atoms with E-state index in [0.717, 1.165) is 16.7 Å². The summed E-state index contributed by atoms with van der Waals surface area (Å²) in [4.78, 5) is 17.0. The van der Waals surface area contributed by atoms with Gasteiger partial charge < -0.3 is 14.5 Å². The fourth-order valence-corrected chi connectivity index (χ4v) is 3.95. The van der Waals surface area contributed by atoms with E-state index in [2.05, 4.69) is 55.4 Å². The van der Waals surface area contributed by atoms with Gasteiger partial charge >= 0.3 is 0 Å². The number of thiocarbonyl (C=S) groups is 1. The SMILES string of the molecule is Cc1ccc(C(C)C)c(OCC(=O)NC(=S)Nc2ccc3oc(-c4ccc(C)c(C)c4)nc3c2)c1. The van der Waals surface area contributed by atoms with Crippen molar-refractivity contribution >= 4 is 40.0 Å². The lowest BCUT2D eigenvalue weighted by Gasteiger charge is -2.15. The minimum Gasteiger partial charge on any atom is -0.483 e. The first-order valence-corrected chi connectivity index (χ1v) is 11.9. The van der Waals surface area contributed by atoms with Crippen LogP contribution in [0.25, 0.3) is 22.6 Å². The molecule has 0 aliphatic heterocycles. The van der Waals surface area contributed by atoms with Gasteiger partial charge in [0.2, 0.25) is 5.89 Å². The topological polar surface area (TPSA) is 76.4 Å². The molecule has 180 valence electrons. The zero-order chi connectivity index (χ0) is 25.1. The van der Waals surface area contributed by atoms with Crippen molar-refractivity contribution in [1.82, 2.24) is 10.3 Å². The van der Waals surface area contributed by atoms with Crippen molar-refractivity contribution in [2.45, 2.75) is 40.5 Å². The quantitative estimate of drug-likeness (QED) is 0.305. The summed E-state index contributed by atoms with van der Waals surface area (Å²) in [5.41, 5.74) is 7.53. The molecular weight excluding hydrogens is 458 g/mol. The number of anilines is 1. The van der Waals surface area contributed by atoms with Crippen LogP contribution in [0, 0.1) is 20.8 Å². The maximum atomic E-state index is 12.4. The maximum absolute atomic E-state index is 12.4. The Bertz CT molecular complexity index is 1410. The Balaban J connectivity index is 1.38. The summed E-state index contributed by atoms with van der Waals surface area (Å²) >= 11 is 5.32. The van der Waals surface area contributed by atoms with Crippen LogP contribution >= 0.6 is 12.2 Å². The molecule has 2 N–H and O–H groups in total. The molecule has 0 saturated heterocycles. The minimum absolute atomic E-state index is 0.132. The van der Waals surface area contributed by atoms with Gasteiger partial charge in [-0.2, -0.15) is 0 Å². The Hall–Kier alpha value is -3.71. The van der Waals surface area contributed by atoms with Crippen molar-refractivity contribution in [1.29, 1.82) is 0 Å². The normalized spacial score (nSPS) is 11.0. The Morgan fingerprint density at radius 1 is 1.03 bits per heavy atom. The molecule has 1 amide bonds. The predicted molar refractivity (Wildman–Crippen MR) is 144 cm³/mol. The van der Waals surface area contributed by atoms with E-state index in [0.29, 0.717) is 34.3 Å². The molecule has 0 spiro atoms. The monoisotopic (exact) mass is 487 g/mol. The molecule has 0 bridgehead atoms. The lowest BCUT2D eigenvalue weighted by Crippen LogP contribution is -2.37. The molecular formula is C28H29N3O3S. The summed E-state index contributed by atoms with van der Waals surface area (Å²) in [5, 5.41) is 5.88. The van der Waals surface area contributed by atoms with E-state index in [4.69, 9.17) is 21.4 Å². The van der Waals surface area contributed by atoms with Crippen molar-refractivity contribution in [2.24, 2.45) is 0 Å². The first-order chi connectivity index (χ1) is 16.7. The molecule has 4 aromatic rings. The molecule has 0 aliphatic rings.